The lowest BCUT2D eigenvalue weighted by Crippen LogP contribution is -2.67. The molecule has 190 valence electrons. The number of urea groups is 1. The smallest absolute Gasteiger partial charge is 0.394 e. The quantitative estimate of drug-likeness (QED) is 0.259. The molecule has 13 heteroatoms. The van der Waals surface area contributed by atoms with Gasteiger partial charge in [-0.05, 0) is 6.42 Å². The van der Waals surface area contributed by atoms with Crippen molar-refractivity contribution in [3.8, 4) is 0 Å². The van der Waals surface area contributed by atoms with Crippen molar-refractivity contribution in [3.63, 3.8) is 0 Å². The third-order valence-electron chi connectivity index (χ3n) is 5.51. The highest BCUT2D eigenvalue weighted by Crippen LogP contribution is 2.30. The van der Waals surface area contributed by atoms with Crippen molar-refractivity contribution in [2.45, 2.75) is 43.1 Å². The van der Waals surface area contributed by atoms with E-state index in [4.69, 9.17) is 10.5 Å². The fraction of sp³-hybridized carbons (Fsp3) is 0.409. The Morgan fingerprint density at radius 3 is 2.60 bits per heavy atom. The number of benzene rings is 1. The second-order valence-corrected chi connectivity index (χ2v) is 7.98. The molecule has 1 fully saturated rings. The van der Waals surface area contributed by atoms with E-state index in [1.54, 1.807) is 23.5 Å². The number of hydrogen-bond acceptors (Lipinski definition) is 7. The highest BCUT2D eigenvalue weighted by Gasteiger charge is 2.47. The van der Waals surface area contributed by atoms with Crippen LogP contribution in [0.25, 0.3) is 0 Å². The second-order valence-electron chi connectivity index (χ2n) is 7.98. The summed E-state index contributed by atoms with van der Waals surface area (Å²) in [6.07, 6.45) is -3.97. The van der Waals surface area contributed by atoms with Gasteiger partial charge in [0.2, 0.25) is 5.78 Å². The minimum absolute atomic E-state index is 0.0141. The van der Waals surface area contributed by atoms with Crippen LogP contribution in [-0.4, -0.2) is 76.3 Å². The molecule has 35 heavy (non-hydrogen) atoms. The van der Waals surface area contributed by atoms with Gasteiger partial charge in [-0.1, -0.05) is 42.5 Å². The molecule has 6 N–H and O–H groups in total. The molecule has 2 heterocycles. The normalized spacial score (nSPS) is 27.0. The Kier molecular flexibility index (Phi) is 7.95. The zero-order valence-corrected chi connectivity index (χ0v) is 18.4. The lowest BCUT2D eigenvalue weighted by Gasteiger charge is -2.39. The van der Waals surface area contributed by atoms with E-state index in [2.05, 4.69) is 5.32 Å². The first kappa shape index (κ1) is 26.3. The topological polar surface area (TPSA) is 154 Å². The first-order valence-corrected chi connectivity index (χ1v) is 10.6. The molecule has 3 rings (SSSR count). The molecule has 0 bridgehead atoms. The number of halogens is 3. The average molecular weight is 498 g/mol. The van der Waals surface area contributed by atoms with Crippen molar-refractivity contribution in [1.29, 1.82) is 0 Å². The van der Waals surface area contributed by atoms with E-state index in [1.807, 2.05) is 0 Å². The minimum atomic E-state index is -5.01. The highest BCUT2D eigenvalue weighted by molar-refractivity contribution is 6.08. The number of nitrogens with one attached hydrogen (secondary N) is 2. The molecule has 1 unspecified atom stereocenters. The van der Waals surface area contributed by atoms with Crippen LogP contribution in [0.2, 0.25) is 0 Å². The molecular weight excluding hydrogens is 473 g/mol. The SMILES string of the molecule is NC1(C(=O)c2ccccc2)NC(=O)N([C@H]2C[C@H](O)[C@@H](CO)O2)C=C1C=CCCNC(=O)C(F)(F)F. The summed E-state index contributed by atoms with van der Waals surface area (Å²) in [5.74, 6) is -2.72. The standard InChI is InChI=1S/C22H25F3N4O6/c23-22(24,25)19(33)27-9-5-4-8-14-11-29(17-10-15(31)16(12-30)35-17)20(34)28-21(14,26)18(32)13-6-2-1-3-7-13/h1-4,6-8,11,15-17,30-31H,5,9-10,12,26H2,(H,27,33)(H,28,34)/t15-,16+,17+,21?/m0/s1. The summed E-state index contributed by atoms with van der Waals surface area (Å²) in [4.78, 5) is 38.1. The highest BCUT2D eigenvalue weighted by atomic mass is 19.4. The van der Waals surface area contributed by atoms with E-state index in [0.717, 1.165) is 4.90 Å². The van der Waals surface area contributed by atoms with Crippen LogP contribution >= 0.6 is 0 Å². The summed E-state index contributed by atoms with van der Waals surface area (Å²) in [7, 11) is 0. The summed E-state index contributed by atoms with van der Waals surface area (Å²) in [6, 6.07) is 7.13. The molecule has 0 saturated carbocycles. The molecule has 1 aromatic rings. The molecule has 0 radical (unpaired) electrons. The number of nitrogens with two attached hydrogens (primary N) is 1. The number of carbonyl (C=O) groups is 3. The van der Waals surface area contributed by atoms with Gasteiger partial charge in [0, 0.05) is 30.3 Å². The average Bonchev–Trinajstić information content (AvgIpc) is 3.19. The fourth-order valence-electron chi connectivity index (χ4n) is 3.64. The Hall–Kier alpha value is -3.26. The Morgan fingerprint density at radius 1 is 1.31 bits per heavy atom. The van der Waals surface area contributed by atoms with Crippen LogP contribution in [0, 0.1) is 0 Å². The van der Waals surface area contributed by atoms with E-state index >= 15 is 0 Å². The molecule has 10 nitrogen and oxygen atoms in total. The lowest BCUT2D eigenvalue weighted by molar-refractivity contribution is -0.173. The predicted octanol–water partition coefficient (Wildman–Crippen LogP) is 0.526. The van der Waals surface area contributed by atoms with Crippen LogP contribution < -0.4 is 16.4 Å². The molecule has 4 atom stereocenters. The maximum Gasteiger partial charge on any atom is 0.471 e. The van der Waals surface area contributed by atoms with Gasteiger partial charge < -0.3 is 25.6 Å². The number of amides is 3. The molecule has 2 aliphatic rings. The molecule has 1 aromatic carbocycles. The van der Waals surface area contributed by atoms with Crippen LogP contribution in [-0.2, 0) is 9.53 Å². The summed E-state index contributed by atoms with van der Waals surface area (Å²) < 4.78 is 42.5. The number of hydrogen-bond donors (Lipinski definition) is 5. The van der Waals surface area contributed by atoms with Gasteiger partial charge >= 0.3 is 18.1 Å². The molecule has 0 aromatic heterocycles. The molecule has 2 aliphatic heterocycles. The zero-order valence-electron chi connectivity index (χ0n) is 18.4. The maximum absolute atomic E-state index is 13.2. The van der Waals surface area contributed by atoms with Crippen molar-refractivity contribution < 1.29 is 42.5 Å². The van der Waals surface area contributed by atoms with Gasteiger partial charge in [0.15, 0.2) is 5.66 Å². The van der Waals surface area contributed by atoms with Gasteiger partial charge in [0.25, 0.3) is 0 Å². The van der Waals surface area contributed by atoms with Crippen molar-refractivity contribution in [2.75, 3.05) is 13.2 Å². The number of ketones is 1. The van der Waals surface area contributed by atoms with Crippen LogP contribution in [0.4, 0.5) is 18.0 Å². The van der Waals surface area contributed by atoms with Gasteiger partial charge in [0.1, 0.15) is 12.3 Å². The first-order valence-electron chi connectivity index (χ1n) is 10.6. The zero-order chi connectivity index (χ0) is 25.8. The van der Waals surface area contributed by atoms with Gasteiger partial charge in [-0.3, -0.25) is 20.2 Å². The maximum atomic E-state index is 13.2. The van der Waals surface area contributed by atoms with Crippen LogP contribution in [0.1, 0.15) is 23.2 Å². The number of alkyl halides is 3. The second kappa shape index (κ2) is 10.6. The number of rotatable bonds is 8. The Balaban J connectivity index is 1.85. The number of aliphatic hydroxyl groups is 2. The number of Topliss-reactive ketones (excluding diaryl/α,β-unsaturated/α-hetero) is 1. The van der Waals surface area contributed by atoms with Crippen molar-refractivity contribution in [3.05, 3.63) is 59.8 Å². The van der Waals surface area contributed by atoms with Crippen LogP contribution in [0.5, 0.6) is 0 Å². The molecule has 0 spiro atoms. The van der Waals surface area contributed by atoms with E-state index < -0.39 is 54.6 Å². The van der Waals surface area contributed by atoms with E-state index in [1.165, 1.54) is 30.5 Å². The number of ether oxygens (including phenoxy) is 1. The molecular formula is C22H25F3N4O6. The van der Waals surface area contributed by atoms with Crippen molar-refractivity contribution in [2.24, 2.45) is 5.73 Å². The van der Waals surface area contributed by atoms with Crippen molar-refractivity contribution in [1.82, 2.24) is 15.5 Å². The van der Waals surface area contributed by atoms with E-state index in [-0.39, 0.29) is 30.5 Å². The Labute approximate surface area is 198 Å². The number of aliphatic hydroxyl groups excluding tert-OH is 2. The Morgan fingerprint density at radius 2 is 2.00 bits per heavy atom. The summed E-state index contributed by atoms with van der Waals surface area (Å²) >= 11 is 0. The minimum Gasteiger partial charge on any atom is -0.394 e. The third-order valence-corrected chi connectivity index (χ3v) is 5.51. The summed E-state index contributed by atoms with van der Waals surface area (Å²) in [5.41, 5.74) is 4.62. The number of carbonyl (C=O) groups excluding carboxylic acids is 3. The number of nitrogens with zero attached hydrogens (tertiary/aromatic N) is 1. The molecule has 3 amide bonds. The van der Waals surface area contributed by atoms with E-state index in [0.29, 0.717) is 0 Å². The summed E-state index contributed by atoms with van der Waals surface area (Å²) in [5, 5.41) is 23.5. The third kappa shape index (κ3) is 5.88. The fourth-order valence-corrected chi connectivity index (χ4v) is 3.64. The lowest BCUT2D eigenvalue weighted by atomic mass is 9.89. The van der Waals surface area contributed by atoms with Crippen LogP contribution in [0.3, 0.4) is 0 Å². The first-order chi connectivity index (χ1) is 16.5. The monoisotopic (exact) mass is 498 g/mol. The Bertz CT molecular complexity index is 1020. The van der Waals surface area contributed by atoms with Gasteiger partial charge in [-0.2, -0.15) is 13.2 Å². The van der Waals surface area contributed by atoms with Gasteiger partial charge in [-0.15, -0.1) is 0 Å². The van der Waals surface area contributed by atoms with Crippen molar-refractivity contribution >= 4 is 17.7 Å². The molecule has 0 aliphatic carbocycles. The summed E-state index contributed by atoms with van der Waals surface area (Å²) in [6.45, 7) is -0.806. The largest absolute Gasteiger partial charge is 0.471 e. The predicted molar refractivity (Wildman–Crippen MR) is 115 cm³/mol. The van der Waals surface area contributed by atoms with Gasteiger partial charge in [-0.25, -0.2) is 4.79 Å². The van der Waals surface area contributed by atoms with Crippen LogP contribution in [0.15, 0.2) is 54.3 Å². The van der Waals surface area contributed by atoms with E-state index in [9.17, 15) is 37.8 Å². The van der Waals surface area contributed by atoms with Gasteiger partial charge in [0.05, 0.1) is 12.7 Å². The molecule has 1 saturated heterocycles.